The SMILES string of the molecule is C=C(OC(F)(F)F)C(=N)N. The summed E-state index contributed by atoms with van der Waals surface area (Å²) in [7, 11) is 0. The van der Waals surface area contributed by atoms with Crippen molar-refractivity contribution in [2.45, 2.75) is 6.36 Å². The van der Waals surface area contributed by atoms with E-state index in [0.717, 1.165) is 0 Å². The number of alkyl halides is 3. The third kappa shape index (κ3) is 3.76. The Balaban J connectivity index is 3.93. The zero-order valence-electron chi connectivity index (χ0n) is 4.83. The highest BCUT2D eigenvalue weighted by Crippen LogP contribution is 2.19. The van der Waals surface area contributed by atoms with Crippen molar-refractivity contribution in [1.29, 1.82) is 5.41 Å². The van der Waals surface area contributed by atoms with Crippen molar-refractivity contribution in [1.82, 2.24) is 0 Å². The molecule has 0 aromatic rings. The van der Waals surface area contributed by atoms with Crippen molar-refractivity contribution < 1.29 is 17.9 Å². The van der Waals surface area contributed by atoms with Crippen molar-refractivity contribution in [3.05, 3.63) is 12.3 Å². The highest BCUT2D eigenvalue weighted by molar-refractivity contribution is 5.91. The maximum Gasteiger partial charge on any atom is 0.573 e. The maximum atomic E-state index is 11.2. The molecular formula is C4H5F3N2O. The second-order valence-corrected chi connectivity index (χ2v) is 1.38. The van der Waals surface area contributed by atoms with E-state index in [1.165, 1.54) is 0 Å². The van der Waals surface area contributed by atoms with Gasteiger partial charge in [0.1, 0.15) is 0 Å². The van der Waals surface area contributed by atoms with E-state index in [1.54, 1.807) is 0 Å². The summed E-state index contributed by atoms with van der Waals surface area (Å²) in [5, 5.41) is 6.43. The topological polar surface area (TPSA) is 59.1 Å². The van der Waals surface area contributed by atoms with Gasteiger partial charge in [0.2, 0.25) is 0 Å². The van der Waals surface area contributed by atoms with Gasteiger partial charge in [0, 0.05) is 0 Å². The second kappa shape index (κ2) is 2.59. The van der Waals surface area contributed by atoms with Crippen LogP contribution in [0.1, 0.15) is 0 Å². The summed E-state index contributed by atoms with van der Waals surface area (Å²) < 4.78 is 36.8. The molecule has 0 aliphatic rings. The van der Waals surface area contributed by atoms with Crippen LogP contribution in [-0.4, -0.2) is 12.2 Å². The summed E-state index contributed by atoms with van der Waals surface area (Å²) in [5.41, 5.74) is 4.60. The minimum absolute atomic E-state index is 0.836. The molecule has 0 atom stereocenters. The molecule has 0 aromatic heterocycles. The molecule has 0 amide bonds. The van der Waals surface area contributed by atoms with Crippen LogP contribution in [0.3, 0.4) is 0 Å². The van der Waals surface area contributed by atoms with Crippen LogP contribution < -0.4 is 5.73 Å². The van der Waals surface area contributed by atoms with Gasteiger partial charge in [-0.05, 0) is 0 Å². The van der Waals surface area contributed by atoms with Crippen molar-refractivity contribution in [3.8, 4) is 0 Å². The number of ether oxygens (including phenoxy) is 1. The molecule has 6 heteroatoms. The maximum absolute atomic E-state index is 11.2. The van der Waals surface area contributed by atoms with Gasteiger partial charge in [-0.15, -0.1) is 13.2 Å². The summed E-state index contributed by atoms with van der Waals surface area (Å²) in [5.74, 6) is -1.73. The molecule has 0 fully saturated rings. The molecule has 0 radical (unpaired) electrons. The molecule has 58 valence electrons. The van der Waals surface area contributed by atoms with Crippen LogP contribution in [0.15, 0.2) is 12.3 Å². The van der Waals surface area contributed by atoms with Crippen molar-refractivity contribution in [2.24, 2.45) is 5.73 Å². The average molecular weight is 154 g/mol. The van der Waals surface area contributed by atoms with Crippen LogP contribution in [0.5, 0.6) is 0 Å². The van der Waals surface area contributed by atoms with Crippen molar-refractivity contribution >= 4 is 5.84 Å². The number of amidine groups is 1. The summed E-state index contributed by atoms with van der Waals surface area (Å²) >= 11 is 0. The van der Waals surface area contributed by atoms with Crippen LogP contribution in [0.2, 0.25) is 0 Å². The van der Waals surface area contributed by atoms with Gasteiger partial charge in [-0.2, -0.15) is 0 Å². The van der Waals surface area contributed by atoms with E-state index in [0.29, 0.717) is 0 Å². The second-order valence-electron chi connectivity index (χ2n) is 1.38. The van der Waals surface area contributed by atoms with E-state index in [-0.39, 0.29) is 0 Å². The zero-order chi connectivity index (χ0) is 8.36. The Kier molecular flexibility index (Phi) is 2.28. The minimum atomic E-state index is -4.82. The fourth-order valence-corrected chi connectivity index (χ4v) is 0.195. The number of halogens is 3. The van der Waals surface area contributed by atoms with E-state index < -0.39 is 18.0 Å². The molecule has 0 rings (SSSR count). The Hall–Kier alpha value is -1.20. The molecule has 3 N–H and O–H groups in total. The number of nitrogens with two attached hydrogens (primary N) is 1. The van der Waals surface area contributed by atoms with Crippen LogP contribution >= 0.6 is 0 Å². The Bertz CT molecular complexity index is 162. The summed E-state index contributed by atoms with van der Waals surface area (Å²) in [6.45, 7) is 2.75. The Morgan fingerprint density at radius 3 is 2.00 bits per heavy atom. The Morgan fingerprint density at radius 1 is 1.50 bits per heavy atom. The first-order valence-corrected chi connectivity index (χ1v) is 2.12. The first-order valence-electron chi connectivity index (χ1n) is 2.12. The fourth-order valence-electron chi connectivity index (χ4n) is 0.195. The smallest absolute Gasteiger partial charge is 0.403 e. The largest absolute Gasteiger partial charge is 0.573 e. The van der Waals surface area contributed by atoms with Crippen LogP contribution in [0, 0.1) is 5.41 Å². The Morgan fingerprint density at radius 2 is 1.90 bits per heavy atom. The summed E-state index contributed by atoms with van der Waals surface area (Å²) in [6.07, 6.45) is -4.82. The molecular weight excluding hydrogens is 149 g/mol. The minimum Gasteiger partial charge on any atom is -0.403 e. The predicted octanol–water partition coefficient (Wildman–Crippen LogP) is 0.972. The van der Waals surface area contributed by atoms with E-state index in [9.17, 15) is 13.2 Å². The molecule has 0 aromatic carbocycles. The highest BCUT2D eigenvalue weighted by atomic mass is 19.4. The molecule has 0 heterocycles. The van der Waals surface area contributed by atoms with E-state index in [1.807, 2.05) is 0 Å². The highest BCUT2D eigenvalue weighted by Gasteiger charge is 2.32. The fraction of sp³-hybridized carbons (Fsp3) is 0.250. The normalized spacial score (nSPS) is 10.7. The quantitative estimate of drug-likeness (QED) is 0.353. The first-order chi connectivity index (χ1) is 4.33. The van der Waals surface area contributed by atoms with Gasteiger partial charge < -0.3 is 10.5 Å². The summed E-state index contributed by atoms with van der Waals surface area (Å²) in [4.78, 5) is 0. The van der Waals surface area contributed by atoms with Crippen molar-refractivity contribution in [3.63, 3.8) is 0 Å². The molecule has 0 saturated heterocycles. The van der Waals surface area contributed by atoms with Crippen LogP contribution in [-0.2, 0) is 4.74 Å². The Labute approximate surface area is 54.8 Å². The molecule has 0 aliphatic carbocycles. The number of rotatable bonds is 2. The van der Waals surface area contributed by atoms with Gasteiger partial charge >= 0.3 is 6.36 Å². The molecule has 3 nitrogen and oxygen atoms in total. The number of hydrogen-bond donors (Lipinski definition) is 2. The van der Waals surface area contributed by atoms with E-state index in [2.05, 4.69) is 17.0 Å². The van der Waals surface area contributed by atoms with E-state index >= 15 is 0 Å². The predicted molar refractivity (Wildman–Crippen MR) is 28.2 cm³/mol. The van der Waals surface area contributed by atoms with Gasteiger partial charge in [-0.3, -0.25) is 5.41 Å². The van der Waals surface area contributed by atoms with Gasteiger partial charge in [0.15, 0.2) is 11.6 Å². The van der Waals surface area contributed by atoms with Crippen LogP contribution in [0.4, 0.5) is 13.2 Å². The lowest BCUT2D eigenvalue weighted by molar-refractivity contribution is -0.301. The van der Waals surface area contributed by atoms with Gasteiger partial charge in [0.05, 0.1) is 0 Å². The third-order valence-electron chi connectivity index (χ3n) is 0.539. The molecule has 10 heavy (non-hydrogen) atoms. The zero-order valence-corrected chi connectivity index (χ0v) is 4.83. The lowest BCUT2D eigenvalue weighted by Crippen LogP contribution is -2.21. The molecule has 0 saturated carbocycles. The molecule has 0 aliphatic heterocycles. The number of nitrogens with one attached hydrogen (secondary N) is 1. The molecule has 0 unspecified atom stereocenters. The summed E-state index contributed by atoms with van der Waals surface area (Å²) in [6, 6.07) is 0. The number of hydrogen-bond acceptors (Lipinski definition) is 2. The molecule has 0 spiro atoms. The lowest BCUT2D eigenvalue weighted by atomic mass is 10.5. The first kappa shape index (κ1) is 8.80. The van der Waals surface area contributed by atoms with E-state index in [4.69, 9.17) is 5.41 Å². The third-order valence-corrected chi connectivity index (χ3v) is 0.539. The van der Waals surface area contributed by atoms with Crippen molar-refractivity contribution in [2.75, 3.05) is 0 Å². The standard InChI is InChI=1S/C4H5F3N2O/c1-2(3(8)9)10-4(5,6)7/h1H2,(H3,8,9). The lowest BCUT2D eigenvalue weighted by Gasteiger charge is -2.08. The van der Waals surface area contributed by atoms with Gasteiger partial charge in [-0.1, -0.05) is 6.58 Å². The molecule has 0 bridgehead atoms. The van der Waals surface area contributed by atoms with Gasteiger partial charge in [-0.25, -0.2) is 0 Å². The average Bonchev–Trinajstić information content (AvgIpc) is 1.60. The monoisotopic (exact) mass is 154 g/mol. The van der Waals surface area contributed by atoms with Crippen LogP contribution in [0.25, 0.3) is 0 Å². The van der Waals surface area contributed by atoms with Gasteiger partial charge in [0.25, 0.3) is 0 Å².